The third kappa shape index (κ3) is 3.56. The number of hydrogen-bond donors (Lipinski definition) is 1. The highest BCUT2D eigenvalue weighted by Gasteiger charge is 2.30. The molecular formula is C19H21N2O5-. The largest absolute Gasteiger partial charge is 0.550 e. The van der Waals surface area contributed by atoms with Crippen molar-refractivity contribution in [3.63, 3.8) is 0 Å². The maximum atomic E-state index is 12.5. The van der Waals surface area contributed by atoms with Crippen molar-refractivity contribution in [2.24, 2.45) is 11.8 Å². The number of fused-ring (bicyclic) bond motifs is 1. The van der Waals surface area contributed by atoms with Crippen LogP contribution in [0.4, 0.5) is 16.2 Å². The highest BCUT2D eigenvalue weighted by atomic mass is 16.5. The van der Waals surface area contributed by atoms with Crippen molar-refractivity contribution in [2.75, 3.05) is 23.9 Å². The van der Waals surface area contributed by atoms with Crippen molar-refractivity contribution in [1.82, 2.24) is 0 Å². The first-order valence-corrected chi connectivity index (χ1v) is 8.66. The number of nitrogens with one attached hydrogen (secondary N) is 1. The highest BCUT2D eigenvalue weighted by Crippen LogP contribution is 2.31. The Bertz CT molecular complexity index is 758. The van der Waals surface area contributed by atoms with Gasteiger partial charge in [-0.2, -0.15) is 0 Å². The lowest BCUT2D eigenvalue weighted by Crippen LogP contribution is -2.41. The fraction of sp³-hybridized carbons (Fsp3) is 0.421. The average molecular weight is 357 g/mol. The summed E-state index contributed by atoms with van der Waals surface area (Å²) in [6.45, 7) is 0.590. The molecule has 1 aliphatic heterocycles. The van der Waals surface area contributed by atoms with E-state index in [1.807, 2.05) is 12.1 Å². The Balaban J connectivity index is 1.77. The number of rotatable bonds is 3. The third-order valence-corrected chi connectivity index (χ3v) is 4.93. The van der Waals surface area contributed by atoms with Gasteiger partial charge in [0.2, 0.25) is 5.91 Å². The molecule has 0 fully saturated rings. The quantitative estimate of drug-likeness (QED) is 0.826. The lowest BCUT2D eigenvalue weighted by molar-refractivity contribution is -0.313. The van der Waals surface area contributed by atoms with Gasteiger partial charge in [0, 0.05) is 24.1 Å². The van der Waals surface area contributed by atoms with Crippen LogP contribution < -0.4 is 15.3 Å². The molecule has 7 heteroatoms. The van der Waals surface area contributed by atoms with E-state index in [0.717, 1.165) is 24.1 Å². The Labute approximate surface area is 151 Å². The molecule has 0 bridgehead atoms. The van der Waals surface area contributed by atoms with Crippen LogP contribution in [0.15, 0.2) is 30.4 Å². The van der Waals surface area contributed by atoms with Crippen LogP contribution in [0.2, 0.25) is 0 Å². The molecule has 26 heavy (non-hydrogen) atoms. The minimum Gasteiger partial charge on any atom is -0.550 e. The van der Waals surface area contributed by atoms with E-state index in [9.17, 15) is 19.5 Å². The molecule has 1 aromatic rings. The number of aliphatic carboxylic acids is 1. The summed E-state index contributed by atoms with van der Waals surface area (Å²) in [7, 11) is 1.34. The number of benzene rings is 1. The van der Waals surface area contributed by atoms with Crippen LogP contribution in [-0.4, -0.2) is 31.6 Å². The summed E-state index contributed by atoms with van der Waals surface area (Å²) in [6, 6.07) is 5.32. The van der Waals surface area contributed by atoms with Crippen LogP contribution in [0.5, 0.6) is 0 Å². The molecule has 3 rings (SSSR count). The summed E-state index contributed by atoms with van der Waals surface area (Å²) < 4.78 is 4.80. The molecule has 0 saturated heterocycles. The molecule has 0 radical (unpaired) electrons. The Hall–Kier alpha value is -2.83. The zero-order chi connectivity index (χ0) is 18.7. The maximum absolute atomic E-state index is 12.5. The second kappa shape index (κ2) is 7.59. The number of carbonyl (C=O) groups is 3. The number of aryl methyl sites for hydroxylation is 1. The number of carbonyl (C=O) groups excluding carboxylic acids is 3. The number of allylic oxidation sites excluding steroid dienone is 2. The number of nitrogens with zero attached hydrogens (tertiary/aromatic N) is 1. The number of carboxylic acids is 1. The molecule has 2 atom stereocenters. The summed E-state index contributed by atoms with van der Waals surface area (Å²) in [5.41, 5.74) is 2.31. The van der Waals surface area contributed by atoms with Gasteiger partial charge in [0.25, 0.3) is 0 Å². The van der Waals surface area contributed by atoms with Crippen LogP contribution in [0.25, 0.3) is 0 Å². The number of carboxylic acid groups (broad SMARTS) is 1. The zero-order valence-electron chi connectivity index (χ0n) is 14.6. The van der Waals surface area contributed by atoms with Crippen molar-refractivity contribution in [2.45, 2.75) is 25.7 Å². The molecule has 1 N–H and O–H groups in total. The number of anilines is 2. The highest BCUT2D eigenvalue weighted by molar-refractivity contribution is 5.96. The van der Waals surface area contributed by atoms with Gasteiger partial charge in [-0.05, 0) is 49.4 Å². The van der Waals surface area contributed by atoms with Gasteiger partial charge in [0.1, 0.15) is 0 Å². The van der Waals surface area contributed by atoms with Gasteiger partial charge in [-0.1, -0.05) is 12.2 Å². The lowest BCUT2D eigenvalue weighted by atomic mass is 9.82. The van der Waals surface area contributed by atoms with Crippen molar-refractivity contribution in [3.05, 3.63) is 35.9 Å². The van der Waals surface area contributed by atoms with E-state index in [0.29, 0.717) is 25.1 Å². The first-order valence-electron chi connectivity index (χ1n) is 8.66. The molecular weight excluding hydrogens is 336 g/mol. The molecule has 2 aliphatic rings. The zero-order valence-corrected chi connectivity index (χ0v) is 14.6. The number of methoxy groups -OCH3 is 1. The van der Waals surface area contributed by atoms with Crippen molar-refractivity contribution < 1.29 is 24.2 Å². The van der Waals surface area contributed by atoms with Gasteiger partial charge in [0.15, 0.2) is 0 Å². The predicted molar refractivity (Wildman–Crippen MR) is 93.5 cm³/mol. The fourth-order valence-corrected chi connectivity index (χ4v) is 3.57. The number of ether oxygens (including phenoxy) is 1. The molecule has 1 aromatic carbocycles. The minimum absolute atomic E-state index is 0.304. The van der Waals surface area contributed by atoms with Gasteiger partial charge < -0.3 is 20.0 Å². The molecule has 0 saturated carbocycles. The summed E-state index contributed by atoms with van der Waals surface area (Å²) >= 11 is 0. The molecule has 1 aliphatic carbocycles. The first-order chi connectivity index (χ1) is 12.5. The summed E-state index contributed by atoms with van der Waals surface area (Å²) in [4.78, 5) is 37.3. The normalized spacial score (nSPS) is 21.7. The van der Waals surface area contributed by atoms with E-state index in [2.05, 4.69) is 5.32 Å². The van der Waals surface area contributed by atoms with Crippen LogP contribution >= 0.6 is 0 Å². The number of amides is 2. The predicted octanol–water partition coefficient (Wildman–Crippen LogP) is 1.48. The second-order valence-corrected chi connectivity index (χ2v) is 6.53. The Kier molecular flexibility index (Phi) is 5.25. The maximum Gasteiger partial charge on any atom is 0.414 e. The second-order valence-electron chi connectivity index (χ2n) is 6.53. The average Bonchev–Trinajstić information content (AvgIpc) is 2.66. The monoisotopic (exact) mass is 357 g/mol. The van der Waals surface area contributed by atoms with Crippen molar-refractivity contribution >= 4 is 29.3 Å². The lowest BCUT2D eigenvalue weighted by Gasteiger charge is -2.30. The molecule has 7 nitrogen and oxygen atoms in total. The molecule has 1 heterocycles. The molecule has 2 amide bonds. The van der Waals surface area contributed by atoms with Crippen LogP contribution in [0.3, 0.4) is 0 Å². The fourth-order valence-electron chi connectivity index (χ4n) is 3.57. The standard InChI is InChI=1S/C19H22N2O5/c1-26-19(25)21-10-4-5-12-11-13(8-9-16(12)21)20-17(22)14-6-2-3-7-15(14)18(23)24/h2-3,8-9,11,14-15H,4-7,10H2,1H3,(H,20,22)(H,23,24)/p-1/t14-,15+/m0/s1. The summed E-state index contributed by atoms with van der Waals surface area (Å²) in [5, 5.41) is 14.1. The van der Waals surface area contributed by atoms with Crippen LogP contribution in [-0.2, 0) is 20.7 Å². The van der Waals surface area contributed by atoms with Crippen molar-refractivity contribution in [1.29, 1.82) is 0 Å². The van der Waals surface area contributed by atoms with Crippen LogP contribution in [0.1, 0.15) is 24.8 Å². The number of hydrogen-bond acceptors (Lipinski definition) is 5. The summed E-state index contributed by atoms with van der Waals surface area (Å²) in [5.74, 6) is -2.99. The minimum atomic E-state index is -1.20. The topological polar surface area (TPSA) is 98.8 Å². The molecule has 0 spiro atoms. The van der Waals surface area contributed by atoms with Gasteiger partial charge >= 0.3 is 6.09 Å². The van der Waals surface area contributed by atoms with E-state index in [-0.39, 0.29) is 5.91 Å². The van der Waals surface area contributed by atoms with Gasteiger partial charge in [0.05, 0.1) is 18.7 Å². The van der Waals surface area contributed by atoms with Gasteiger partial charge in [-0.15, -0.1) is 0 Å². The van der Waals surface area contributed by atoms with Crippen molar-refractivity contribution in [3.8, 4) is 0 Å². The van der Waals surface area contributed by atoms with E-state index in [4.69, 9.17) is 4.74 Å². The Morgan fingerprint density at radius 2 is 1.92 bits per heavy atom. The smallest absolute Gasteiger partial charge is 0.414 e. The first kappa shape index (κ1) is 18.0. The van der Waals surface area contributed by atoms with E-state index in [1.54, 1.807) is 23.1 Å². The van der Waals surface area contributed by atoms with Gasteiger partial charge in [-0.25, -0.2) is 4.79 Å². The third-order valence-electron chi connectivity index (χ3n) is 4.93. The van der Waals surface area contributed by atoms with Gasteiger partial charge in [-0.3, -0.25) is 9.69 Å². The van der Waals surface area contributed by atoms with E-state index in [1.165, 1.54) is 7.11 Å². The van der Waals surface area contributed by atoms with E-state index >= 15 is 0 Å². The molecule has 0 aromatic heterocycles. The van der Waals surface area contributed by atoms with Crippen LogP contribution in [0, 0.1) is 11.8 Å². The summed E-state index contributed by atoms with van der Waals surface area (Å²) in [6.07, 6.45) is 5.47. The van der Waals surface area contributed by atoms with E-state index < -0.39 is 23.9 Å². The Morgan fingerprint density at radius 1 is 1.19 bits per heavy atom. The molecule has 0 unspecified atom stereocenters. The SMILES string of the molecule is COC(=O)N1CCCc2cc(NC(=O)[C@H]3CC=CC[C@H]3C(=O)[O-])ccc21. The Morgan fingerprint density at radius 3 is 2.62 bits per heavy atom. The molecule has 138 valence electrons.